The lowest BCUT2D eigenvalue weighted by molar-refractivity contribution is -0.145. The fourth-order valence-corrected chi connectivity index (χ4v) is 7.56. The van der Waals surface area contributed by atoms with E-state index in [1.807, 2.05) is 6.07 Å². The monoisotopic (exact) mass is 802 g/mol. The minimum absolute atomic E-state index is 0.0592. The van der Waals surface area contributed by atoms with E-state index in [1.165, 1.54) is 17.0 Å². The van der Waals surface area contributed by atoms with Crippen LogP contribution in [0.1, 0.15) is 79.4 Å². The lowest BCUT2D eigenvalue weighted by Crippen LogP contribution is -2.50. The van der Waals surface area contributed by atoms with E-state index >= 15 is 0 Å². The number of hydrogen-bond donors (Lipinski definition) is 2. The summed E-state index contributed by atoms with van der Waals surface area (Å²) >= 11 is 0. The van der Waals surface area contributed by atoms with Crippen molar-refractivity contribution >= 4 is 40.6 Å². The number of fused-ring (bicyclic) bond motifs is 2. The standard InChI is InChI=1S/C42H51FN6O9/c43-33-17-16-29(28-34-30-9-5-6-10-31(30)40(53)46-45-34)27-32(33)41(54)48-21-19-47(20-22-48)38(51)14-7-13-37(50)44-18-8-15-39(52)57-26-25-56-24-23-49-35-11-3-1-2-4-12-36(35)58-42(49)55/h1-2,5-6,9-10,16-17,27,35-36H,3-4,7-8,11-15,18-26,28H2,(H,44,50)(H,46,53)/b2-1+. The van der Waals surface area contributed by atoms with Crippen LogP contribution in [0.2, 0.25) is 0 Å². The Bertz CT molecular complexity index is 2030. The van der Waals surface area contributed by atoms with Gasteiger partial charge in [-0.15, -0.1) is 0 Å². The molecule has 0 radical (unpaired) electrons. The van der Waals surface area contributed by atoms with Gasteiger partial charge in [0.1, 0.15) is 18.5 Å². The lowest BCUT2D eigenvalue weighted by atomic mass is 9.98. The zero-order valence-corrected chi connectivity index (χ0v) is 32.6. The maximum Gasteiger partial charge on any atom is 0.410 e. The normalized spacial score (nSPS) is 18.6. The van der Waals surface area contributed by atoms with Crippen LogP contribution in [0.3, 0.4) is 0 Å². The Morgan fingerprint density at radius 1 is 0.879 bits per heavy atom. The molecule has 15 nitrogen and oxygen atoms in total. The van der Waals surface area contributed by atoms with E-state index in [0.29, 0.717) is 67.7 Å². The molecule has 1 aromatic heterocycles. The molecule has 3 aromatic rings. The third-order valence-corrected chi connectivity index (χ3v) is 10.7. The second kappa shape index (κ2) is 20.7. The van der Waals surface area contributed by atoms with Crippen LogP contribution in [0.5, 0.6) is 0 Å². The van der Waals surface area contributed by atoms with E-state index < -0.39 is 17.7 Å². The van der Waals surface area contributed by atoms with Crippen molar-refractivity contribution in [2.24, 2.45) is 0 Å². The van der Waals surface area contributed by atoms with Gasteiger partial charge in [-0.05, 0) is 62.3 Å². The number of nitrogens with one attached hydrogen (secondary N) is 2. The summed E-state index contributed by atoms with van der Waals surface area (Å²) in [6, 6.07) is 11.5. The summed E-state index contributed by atoms with van der Waals surface area (Å²) in [6.45, 7) is 2.41. The van der Waals surface area contributed by atoms with Crippen LogP contribution in [0, 0.1) is 5.82 Å². The van der Waals surface area contributed by atoms with Gasteiger partial charge in [0, 0.05) is 70.3 Å². The fourth-order valence-electron chi connectivity index (χ4n) is 7.56. The molecule has 2 saturated heterocycles. The molecule has 58 heavy (non-hydrogen) atoms. The highest BCUT2D eigenvalue weighted by molar-refractivity contribution is 5.95. The Labute approximate surface area is 335 Å². The van der Waals surface area contributed by atoms with Gasteiger partial charge >= 0.3 is 12.1 Å². The highest BCUT2D eigenvalue weighted by Gasteiger charge is 2.40. The Morgan fingerprint density at radius 2 is 1.64 bits per heavy atom. The number of piperazine rings is 1. The Balaban J connectivity index is 0.806. The van der Waals surface area contributed by atoms with E-state index in [1.54, 1.807) is 34.1 Å². The maximum absolute atomic E-state index is 14.9. The number of rotatable bonds is 17. The fraction of sp³-hybridized carbons (Fsp3) is 0.500. The molecular weight excluding hydrogens is 751 g/mol. The third-order valence-electron chi connectivity index (χ3n) is 10.7. The summed E-state index contributed by atoms with van der Waals surface area (Å²) in [5.74, 6) is -1.85. The van der Waals surface area contributed by atoms with Crippen molar-refractivity contribution in [3.05, 3.63) is 87.6 Å². The van der Waals surface area contributed by atoms with Gasteiger partial charge in [0.2, 0.25) is 11.8 Å². The molecule has 6 rings (SSSR count). The molecular formula is C42H51FN6O9. The molecule has 0 bridgehead atoms. The second-order valence-corrected chi connectivity index (χ2v) is 14.7. The first-order valence-corrected chi connectivity index (χ1v) is 20.1. The van der Waals surface area contributed by atoms with E-state index in [0.717, 1.165) is 25.7 Å². The van der Waals surface area contributed by atoms with Gasteiger partial charge in [0.25, 0.3) is 11.5 Å². The predicted octanol–water partition coefficient (Wildman–Crippen LogP) is 3.88. The number of amides is 4. The van der Waals surface area contributed by atoms with E-state index in [9.17, 15) is 33.2 Å². The molecule has 1 aliphatic carbocycles. The number of H-pyrrole nitrogens is 1. The molecule has 3 heterocycles. The average Bonchev–Trinajstić information content (AvgIpc) is 3.51. The van der Waals surface area contributed by atoms with E-state index in [-0.39, 0.29) is 93.2 Å². The molecule has 0 spiro atoms. The SMILES string of the molecule is O=C(CCCC(=O)N1CCN(C(=O)c2cc(Cc3n[nH]c(=O)c4ccccc34)ccc2F)CC1)NCCCC(=O)OCCOCCN1C(=O)OC2CC/C=C/CCC21. The van der Waals surface area contributed by atoms with Crippen LogP contribution < -0.4 is 10.9 Å². The van der Waals surface area contributed by atoms with Crippen molar-refractivity contribution in [2.75, 3.05) is 59.1 Å². The van der Waals surface area contributed by atoms with Gasteiger partial charge in [-0.2, -0.15) is 5.10 Å². The van der Waals surface area contributed by atoms with Gasteiger partial charge in [-0.3, -0.25) is 28.9 Å². The van der Waals surface area contributed by atoms with Crippen molar-refractivity contribution in [2.45, 2.75) is 76.4 Å². The minimum Gasteiger partial charge on any atom is -0.463 e. The molecule has 0 saturated carbocycles. The molecule has 310 valence electrons. The summed E-state index contributed by atoms with van der Waals surface area (Å²) in [6.07, 6.45) is 8.87. The number of aromatic amines is 1. The molecule has 2 unspecified atom stereocenters. The summed E-state index contributed by atoms with van der Waals surface area (Å²) in [5.41, 5.74) is 0.889. The van der Waals surface area contributed by atoms with Crippen molar-refractivity contribution in [3.8, 4) is 0 Å². The summed E-state index contributed by atoms with van der Waals surface area (Å²) in [5, 5.41) is 10.6. The van der Waals surface area contributed by atoms with E-state index in [2.05, 4.69) is 27.7 Å². The predicted molar refractivity (Wildman–Crippen MR) is 210 cm³/mol. The Hall–Kier alpha value is -5.64. The summed E-state index contributed by atoms with van der Waals surface area (Å²) in [7, 11) is 0. The molecule has 4 amide bonds. The first-order chi connectivity index (χ1) is 28.2. The van der Waals surface area contributed by atoms with Crippen molar-refractivity contribution in [1.29, 1.82) is 0 Å². The number of allylic oxidation sites excluding steroid dienone is 2. The molecule has 2 aromatic carbocycles. The quantitative estimate of drug-likeness (QED) is 0.116. The Kier molecular flexibility index (Phi) is 15.0. The number of hydrogen-bond acceptors (Lipinski definition) is 10. The molecule has 2 aliphatic heterocycles. The third kappa shape index (κ3) is 11.3. The van der Waals surface area contributed by atoms with Gasteiger partial charge in [-0.25, -0.2) is 14.3 Å². The van der Waals surface area contributed by atoms with Crippen LogP contribution in [0.4, 0.5) is 9.18 Å². The first-order valence-electron chi connectivity index (χ1n) is 20.1. The maximum atomic E-state index is 14.9. The first kappa shape index (κ1) is 42.0. The van der Waals surface area contributed by atoms with E-state index in [4.69, 9.17) is 14.2 Å². The number of carbonyl (C=O) groups excluding carboxylic acids is 5. The number of esters is 1. The number of nitrogens with zero attached hydrogens (tertiary/aromatic N) is 4. The molecule has 2 N–H and O–H groups in total. The van der Waals surface area contributed by atoms with Crippen LogP contribution in [-0.2, 0) is 35.0 Å². The average molecular weight is 803 g/mol. The molecule has 2 fully saturated rings. The molecule has 2 atom stereocenters. The lowest BCUT2D eigenvalue weighted by Gasteiger charge is -2.35. The highest BCUT2D eigenvalue weighted by Crippen LogP contribution is 2.28. The van der Waals surface area contributed by atoms with Crippen LogP contribution >= 0.6 is 0 Å². The van der Waals surface area contributed by atoms with Gasteiger partial charge in [0.15, 0.2) is 0 Å². The number of ether oxygens (including phenoxy) is 3. The minimum atomic E-state index is -0.646. The number of aromatic nitrogens is 2. The van der Waals surface area contributed by atoms with Gasteiger partial charge in [-0.1, -0.05) is 36.4 Å². The molecule has 16 heteroatoms. The summed E-state index contributed by atoms with van der Waals surface area (Å²) in [4.78, 5) is 80.0. The molecule has 3 aliphatic rings. The van der Waals surface area contributed by atoms with Crippen LogP contribution in [-0.4, -0.2) is 126 Å². The van der Waals surface area contributed by atoms with Crippen molar-refractivity contribution in [1.82, 2.24) is 30.2 Å². The number of halogens is 1. The topological polar surface area (TPSA) is 181 Å². The zero-order chi connectivity index (χ0) is 40.9. The van der Waals surface area contributed by atoms with Crippen LogP contribution in [0.25, 0.3) is 10.8 Å². The Morgan fingerprint density at radius 3 is 2.45 bits per heavy atom. The zero-order valence-electron chi connectivity index (χ0n) is 32.6. The number of benzene rings is 2. The van der Waals surface area contributed by atoms with Crippen LogP contribution in [0.15, 0.2) is 59.4 Å². The summed E-state index contributed by atoms with van der Waals surface area (Å²) < 4.78 is 31.2. The van der Waals surface area contributed by atoms with Crippen molar-refractivity contribution in [3.63, 3.8) is 0 Å². The van der Waals surface area contributed by atoms with Crippen molar-refractivity contribution < 1.29 is 42.6 Å². The van der Waals surface area contributed by atoms with Gasteiger partial charge in [0.05, 0.1) is 35.9 Å². The van der Waals surface area contributed by atoms with Gasteiger partial charge < -0.3 is 29.3 Å². The largest absolute Gasteiger partial charge is 0.463 e. The smallest absolute Gasteiger partial charge is 0.410 e. The highest BCUT2D eigenvalue weighted by atomic mass is 19.1. The number of carbonyl (C=O) groups is 5. The second-order valence-electron chi connectivity index (χ2n) is 14.7.